The molecule has 1 atom stereocenters. The van der Waals surface area contributed by atoms with Gasteiger partial charge in [0, 0.05) is 17.3 Å². The summed E-state index contributed by atoms with van der Waals surface area (Å²) in [6.07, 6.45) is -1.17. The zero-order chi connectivity index (χ0) is 20.1. The number of anilines is 1. The highest BCUT2D eigenvalue weighted by atomic mass is 35.5. The van der Waals surface area contributed by atoms with Crippen molar-refractivity contribution in [2.75, 3.05) is 5.32 Å². The first kappa shape index (κ1) is 20.1. The van der Waals surface area contributed by atoms with Crippen LogP contribution in [0.1, 0.15) is 34.6 Å². The molecule has 1 amide bonds. The Morgan fingerprint density at radius 3 is 2.48 bits per heavy atom. The average Bonchev–Trinajstić information content (AvgIpc) is 2.61. The molecule has 0 aliphatic heterocycles. The maximum Gasteiger partial charge on any atom is 0.339 e. The standard InChI is InChI=1S/C18H15ClN2O6/c1-10(22)12-4-3-5-14(8-12)20-17(23)11(2)27-18(24)13-6-7-15(19)16(9-13)21(25)26/h3-9,11H,1-2H3,(H,20,23). The quantitative estimate of drug-likeness (QED) is 0.348. The molecule has 1 unspecified atom stereocenters. The highest BCUT2D eigenvalue weighted by Crippen LogP contribution is 2.25. The maximum atomic E-state index is 12.2. The number of nitro groups is 1. The molecule has 0 saturated carbocycles. The van der Waals surface area contributed by atoms with Crippen LogP contribution in [0, 0.1) is 10.1 Å². The van der Waals surface area contributed by atoms with E-state index in [2.05, 4.69) is 5.32 Å². The first-order chi connectivity index (χ1) is 12.7. The number of amides is 1. The summed E-state index contributed by atoms with van der Waals surface area (Å²) in [6.45, 7) is 2.75. The van der Waals surface area contributed by atoms with Crippen molar-refractivity contribution in [3.8, 4) is 0 Å². The van der Waals surface area contributed by atoms with E-state index in [1.165, 1.54) is 32.0 Å². The number of esters is 1. The molecule has 1 N–H and O–H groups in total. The number of carbonyl (C=O) groups is 3. The van der Waals surface area contributed by atoms with E-state index < -0.39 is 28.6 Å². The largest absolute Gasteiger partial charge is 0.449 e. The van der Waals surface area contributed by atoms with Crippen LogP contribution >= 0.6 is 11.6 Å². The second-order valence-electron chi connectivity index (χ2n) is 5.60. The average molecular weight is 391 g/mol. The normalized spacial score (nSPS) is 11.4. The number of rotatable bonds is 6. The van der Waals surface area contributed by atoms with Crippen molar-refractivity contribution >= 4 is 40.6 Å². The van der Waals surface area contributed by atoms with Crippen LogP contribution < -0.4 is 5.32 Å². The van der Waals surface area contributed by atoms with E-state index in [4.69, 9.17) is 16.3 Å². The molecule has 2 aromatic rings. The Kier molecular flexibility index (Phi) is 6.25. The van der Waals surface area contributed by atoms with Crippen LogP contribution in [0.3, 0.4) is 0 Å². The molecule has 2 rings (SSSR count). The molecule has 0 aromatic heterocycles. The molecule has 9 heteroatoms. The molecule has 0 fully saturated rings. The number of nitrogens with one attached hydrogen (secondary N) is 1. The number of hydrogen-bond donors (Lipinski definition) is 1. The predicted molar refractivity (Wildman–Crippen MR) is 98.1 cm³/mol. The van der Waals surface area contributed by atoms with Gasteiger partial charge in [-0.3, -0.25) is 19.7 Å². The van der Waals surface area contributed by atoms with E-state index in [9.17, 15) is 24.5 Å². The zero-order valence-electron chi connectivity index (χ0n) is 14.4. The number of Topliss-reactive ketones (excluding diaryl/α,β-unsaturated/α-hetero) is 1. The summed E-state index contributed by atoms with van der Waals surface area (Å²) in [5.74, 6) is -1.68. The topological polar surface area (TPSA) is 116 Å². The summed E-state index contributed by atoms with van der Waals surface area (Å²) >= 11 is 5.70. The third kappa shape index (κ3) is 5.11. The van der Waals surface area contributed by atoms with Gasteiger partial charge in [-0.2, -0.15) is 0 Å². The molecule has 0 saturated heterocycles. The van der Waals surface area contributed by atoms with Crippen molar-refractivity contribution in [2.45, 2.75) is 20.0 Å². The van der Waals surface area contributed by atoms with Gasteiger partial charge >= 0.3 is 5.97 Å². The molecule has 0 aliphatic carbocycles. The molecule has 27 heavy (non-hydrogen) atoms. The minimum atomic E-state index is -1.17. The highest BCUT2D eigenvalue weighted by molar-refractivity contribution is 6.32. The van der Waals surface area contributed by atoms with Gasteiger partial charge in [0.05, 0.1) is 10.5 Å². The third-order valence-corrected chi connectivity index (χ3v) is 3.89. The van der Waals surface area contributed by atoms with Gasteiger partial charge in [-0.25, -0.2) is 4.79 Å². The molecule has 2 aromatic carbocycles. The number of hydrogen-bond acceptors (Lipinski definition) is 6. The Balaban J connectivity index is 2.07. The number of benzene rings is 2. The Bertz CT molecular complexity index is 928. The molecular weight excluding hydrogens is 376 g/mol. The molecule has 8 nitrogen and oxygen atoms in total. The summed E-state index contributed by atoms with van der Waals surface area (Å²) in [4.78, 5) is 45.9. The Morgan fingerprint density at radius 2 is 1.85 bits per heavy atom. The third-order valence-electron chi connectivity index (χ3n) is 3.57. The Hall–Kier alpha value is -3.26. The van der Waals surface area contributed by atoms with E-state index in [1.807, 2.05) is 0 Å². The number of halogens is 1. The number of nitrogens with zero attached hydrogens (tertiary/aromatic N) is 1. The lowest BCUT2D eigenvalue weighted by atomic mass is 10.1. The maximum absolute atomic E-state index is 12.2. The van der Waals surface area contributed by atoms with Crippen molar-refractivity contribution in [3.05, 3.63) is 68.7 Å². The molecule has 0 radical (unpaired) electrons. The fourth-order valence-electron chi connectivity index (χ4n) is 2.12. The summed E-state index contributed by atoms with van der Waals surface area (Å²) < 4.78 is 5.04. The molecule has 0 aliphatic rings. The van der Waals surface area contributed by atoms with Gasteiger partial charge in [0.25, 0.3) is 11.6 Å². The van der Waals surface area contributed by atoms with Gasteiger partial charge in [0.2, 0.25) is 0 Å². The smallest absolute Gasteiger partial charge is 0.339 e. The van der Waals surface area contributed by atoms with E-state index >= 15 is 0 Å². The second kappa shape index (κ2) is 8.41. The minimum Gasteiger partial charge on any atom is -0.449 e. The summed E-state index contributed by atoms with van der Waals surface area (Å²) in [6, 6.07) is 9.74. The Labute approximate surface area is 159 Å². The van der Waals surface area contributed by atoms with Crippen LogP contribution in [0.4, 0.5) is 11.4 Å². The van der Waals surface area contributed by atoms with Gasteiger partial charge < -0.3 is 10.1 Å². The predicted octanol–water partition coefficient (Wildman–Crippen LogP) is 3.63. The van der Waals surface area contributed by atoms with Crippen molar-refractivity contribution < 1.29 is 24.0 Å². The van der Waals surface area contributed by atoms with E-state index in [0.29, 0.717) is 11.3 Å². The van der Waals surface area contributed by atoms with E-state index in [0.717, 1.165) is 6.07 Å². The van der Waals surface area contributed by atoms with Crippen LogP contribution in [0.5, 0.6) is 0 Å². The number of nitro benzene ring substituents is 1. The SMILES string of the molecule is CC(=O)c1cccc(NC(=O)C(C)OC(=O)c2ccc(Cl)c([N+](=O)[O-])c2)c1. The van der Waals surface area contributed by atoms with Crippen LogP contribution in [-0.4, -0.2) is 28.7 Å². The lowest BCUT2D eigenvalue weighted by Crippen LogP contribution is -2.30. The number of ketones is 1. The molecular formula is C18H15ClN2O6. The number of carbonyl (C=O) groups excluding carboxylic acids is 3. The van der Waals surface area contributed by atoms with Crippen LogP contribution in [0.15, 0.2) is 42.5 Å². The summed E-state index contributed by atoms with van der Waals surface area (Å²) in [5, 5.41) is 13.3. The van der Waals surface area contributed by atoms with Gasteiger partial charge in [-0.15, -0.1) is 0 Å². The van der Waals surface area contributed by atoms with Gasteiger partial charge in [-0.1, -0.05) is 23.7 Å². The number of ether oxygens (including phenoxy) is 1. The van der Waals surface area contributed by atoms with Crippen molar-refractivity contribution in [3.63, 3.8) is 0 Å². The van der Waals surface area contributed by atoms with Gasteiger partial charge in [0.15, 0.2) is 11.9 Å². The molecule has 0 bridgehead atoms. The fourth-order valence-corrected chi connectivity index (χ4v) is 2.31. The first-order valence-electron chi connectivity index (χ1n) is 7.76. The highest BCUT2D eigenvalue weighted by Gasteiger charge is 2.22. The van der Waals surface area contributed by atoms with Crippen molar-refractivity contribution in [1.82, 2.24) is 0 Å². The molecule has 0 heterocycles. The lowest BCUT2D eigenvalue weighted by molar-refractivity contribution is -0.384. The van der Waals surface area contributed by atoms with Crippen LogP contribution in [-0.2, 0) is 9.53 Å². The molecule has 140 valence electrons. The van der Waals surface area contributed by atoms with Crippen LogP contribution in [0.2, 0.25) is 5.02 Å². The fraction of sp³-hybridized carbons (Fsp3) is 0.167. The lowest BCUT2D eigenvalue weighted by Gasteiger charge is -2.14. The van der Waals surface area contributed by atoms with Gasteiger partial charge in [-0.05, 0) is 38.1 Å². The minimum absolute atomic E-state index is 0.107. The Morgan fingerprint density at radius 1 is 1.15 bits per heavy atom. The monoisotopic (exact) mass is 390 g/mol. The van der Waals surface area contributed by atoms with Crippen LogP contribution in [0.25, 0.3) is 0 Å². The van der Waals surface area contributed by atoms with Crippen molar-refractivity contribution in [2.24, 2.45) is 0 Å². The van der Waals surface area contributed by atoms with E-state index in [-0.39, 0.29) is 16.4 Å². The first-order valence-corrected chi connectivity index (χ1v) is 8.13. The molecule has 0 spiro atoms. The van der Waals surface area contributed by atoms with Gasteiger partial charge in [0.1, 0.15) is 5.02 Å². The van der Waals surface area contributed by atoms with Crippen molar-refractivity contribution in [1.29, 1.82) is 0 Å². The van der Waals surface area contributed by atoms with E-state index in [1.54, 1.807) is 18.2 Å². The second-order valence-corrected chi connectivity index (χ2v) is 6.00. The zero-order valence-corrected chi connectivity index (χ0v) is 15.1. The summed E-state index contributed by atoms with van der Waals surface area (Å²) in [7, 11) is 0. The summed E-state index contributed by atoms with van der Waals surface area (Å²) in [5.41, 5.74) is 0.247.